The van der Waals surface area contributed by atoms with E-state index in [1.54, 1.807) is 4.31 Å². The number of hydrogen-bond acceptors (Lipinski definition) is 3. The van der Waals surface area contributed by atoms with Gasteiger partial charge in [-0.25, -0.2) is 8.42 Å². The van der Waals surface area contributed by atoms with Gasteiger partial charge < -0.3 is 4.74 Å². The van der Waals surface area contributed by atoms with Gasteiger partial charge in [0.05, 0.1) is 19.0 Å². The second-order valence-electron chi connectivity index (χ2n) is 6.96. The van der Waals surface area contributed by atoms with Gasteiger partial charge in [0.1, 0.15) is 0 Å². The molecule has 4 nitrogen and oxygen atoms in total. The lowest BCUT2D eigenvalue weighted by Crippen LogP contribution is -2.42. The third-order valence-corrected chi connectivity index (χ3v) is 7.22. The fourth-order valence-corrected chi connectivity index (χ4v) is 5.44. The molecule has 1 aliphatic heterocycles. The summed E-state index contributed by atoms with van der Waals surface area (Å²) in [5, 5.41) is 0.666. The smallest absolute Gasteiger partial charge is 0.217 e. The van der Waals surface area contributed by atoms with Crippen LogP contribution in [0.5, 0.6) is 0 Å². The van der Waals surface area contributed by atoms with E-state index in [0.29, 0.717) is 30.7 Å². The number of sulfonamides is 1. The summed E-state index contributed by atoms with van der Waals surface area (Å²) in [6.45, 7) is 1.20. The van der Waals surface area contributed by atoms with Gasteiger partial charge in [0, 0.05) is 17.6 Å². The average molecular weight is 372 g/mol. The lowest BCUT2D eigenvalue weighted by Gasteiger charge is -2.32. The maximum absolute atomic E-state index is 12.7. The van der Waals surface area contributed by atoms with E-state index in [0.717, 1.165) is 12.0 Å². The Morgan fingerprint density at radius 3 is 2.54 bits per heavy atom. The number of rotatable bonds is 4. The maximum atomic E-state index is 12.7. The van der Waals surface area contributed by atoms with Gasteiger partial charge in [0.2, 0.25) is 10.0 Å². The number of halogens is 1. The van der Waals surface area contributed by atoms with Crippen LogP contribution < -0.4 is 0 Å². The molecule has 1 atom stereocenters. The second kappa shape index (κ2) is 8.17. The van der Waals surface area contributed by atoms with Crippen LogP contribution in [0.25, 0.3) is 0 Å². The first-order chi connectivity index (χ1) is 11.5. The monoisotopic (exact) mass is 371 g/mol. The molecule has 6 heteroatoms. The Labute approximate surface area is 150 Å². The predicted molar refractivity (Wildman–Crippen MR) is 96.6 cm³/mol. The summed E-state index contributed by atoms with van der Waals surface area (Å²) < 4.78 is 32.8. The highest BCUT2D eigenvalue weighted by Crippen LogP contribution is 2.31. The molecule has 1 aliphatic carbocycles. The zero-order valence-corrected chi connectivity index (χ0v) is 15.6. The standard InChI is InChI=1S/C18H26ClNO3S/c19-17-8-6-16(7-9-17)13-20-18(12-15-4-2-1-3-5-15)14-23-10-11-24(20,21)22/h6-9,15,18H,1-5,10-14H2. The van der Waals surface area contributed by atoms with E-state index in [2.05, 4.69) is 0 Å². The average Bonchev–Trinajstić information content (AvgIpc) is 2.70. The van der Waals surface area contributed by atoms with Crippen molar-refractivity contribution in [2.24, 2.45) is 5.92 Å². The molecule has 0 spiro atoms. The van der Waals surface area contributed by atoms with Crippen LogP contribution in [-0.4, -0.2) is 37.7 Å². The first-order valence-corrected chi connectivity index (χ1v) is 10.8. The summed E-state index contributed by atoms with van der Waals surface area (Å²) >= 11 is 5.94. The van der Waals surface area contributed by atoms with Crippen LogP contribution in [-0.2, 0) is 21.3 Å². The molecule has 1 aromatic carbocycles. The van der Waals surface area contributed by atoms with Crippen molar-refractivity contribution in [3.8, 4) is 0 Å². The van der Waals surface area contributed by atoms with Crippen molar-refractivity contribution in [2.45, 2.75) is 51.1 Å². The molecule has 1 heterocycles. The molecule has 0 N–H and O–H groups in total. The van der Waals surface area contributed by atoms with Gasteiger partial charge >= 0.3 is 0 Å². The van der Waals surface area contributed by atoms with Gasteiger partial charge in [-0.3, -0.25) is 0 Å². The van der Waals surface area contributed by atoms with E-state index in [1.165, 1.54) is 32.1 Å². The Morgan fingerprint density at radius 2 is 1.83 bits per heavy atom. The fraction of sp³-hybridized carbons (Fsp3) is 0.667. The largest absolute Gasteiger partial charge is 0.379 e. The van der Waals surface area contributed by atoms with Crippen LogP contribution in [0.4, 0.5) is 0 Å². The summed E-state index contributed by atoms with van der Waals surface area (Å²) in [5.74, 6) is 0.690. The molecule has 3 rings (SSSR count). The van der Waals surface area contributed by atoms with E-state index in [4.69, 9.17) is 16.3 Å². The molecule has 1 saturated carbocycles. The molecule has 0 aromatic heterocycles. The van der Waals surface area contributed by atoms with Crippen molar-refractivity contribution in [3.05, 3.63) is 34.9 Å². The number of nitrogens with zero attached hydrogens (tertiary/aromatic N) is 1. The van der Waals surface area contributed by atoms with Crippen molar-refractivity contribution in [2.75, 3.05) is 19.0 Å². The van der Waals surface area contributed by atoms with Gasteiger partial charge in [-0.05, 0) is 30.0 Å². The molecule has 134 valence electrons. The summed E-state index contributed by atoms with van der Waals surface area (Å²) in [7, 11) is -3.29. The van der Waals surface area contributed by atoms with Crippen molar-refractivity contribution in [1.82, 2.24) is 4.31 Å². The van der Waals surface area contributed by atoms with E-state index < -0.39 is 10.0 Å². The summed E-state index contributed by atoms with van der Waals surface area (Å²) in [4.78, 5) is 0. The maximum Gasteiger partial charge on any atom is 0.217 e. The third kappa shape index (κ3) is 4.72. The topological polar surface area (TPSA) is 46.6 Å². The zero-order chi connectivity index (χ0) is 17.0. The van der Waals surface area contributed by atoms with E-state index in [9.17, 15) is 8.42 Å². The highest BCUT2D eigenvalue weighted by atomic mass is 35.5. The van der Waals surface area contributed by atoms with Crippen molar-refractivity contribution < 1.29 is 13.2 Å². The first-order valence-electron chi connectivity index (χ1n) is 8.86. The van der Waals surface area contributed by atoms with Gasteiger partial charge in [0.15, 0.2) is 0 Å². The predicted octanol–water partition coefficient (Wildman–Crippen LogP) is 3.84. The van der Waals surface area contributed by atoms with Crippen LogP contribution >= 0.6 is 11.6 Å². The van der Waals surface area contributed by atoms with Gasteiger partial charge in [-0.2, -0.15) is 4.31 Å². The number of ether oxygens (including phenoxy) is 1. The van der Waals surface area contributed by atoms with Crippen LogP contribution in [0, 0.1) is 5.92 Å². The van der Waals surface area contributed by atoms with E-state index in [1.807, 2.05) is 24.3 Å². The molecule has 1 aromatic rings. The lowest BCUT2D eigenvalue weighted by atomic mass is 9.85. The molecule has 2 fully saturated rings. The van der Waals surface area contributed by atoms with Crippen LogP contribution in [0.15, 0.2) is 24.3 Å². The molecule has 0 radical (unpaired) electrons. The van der Waals surface area contributed by atoms with Crippen molar-refractivity contribution >= 4 is 21.6 Å². The minimum absolute atomic E-state index is 0.0590. The summed E-state index contributed by atoms with van der Waals surface area (Å²) in [5.41, 5.74) is 0.971. The number of benzene rings is 1. The fourth-order valence-electron chi connectivity index (χ4n) is 3.80. The minimum Gasteiger partial charge on any atom is -0.379 e. The molecule has 1 unspecified atom stereocenters. The Balaban J connectivity index is 1.78. The first kappa shape index (κ1) is 18.2. The Bertz CT molecular complexity index is 626. The summed E-state index contributed by atoms with van der Waals surface area (Å²) in [6.07, 6.45) is 7.18. The third-order valence-electron chi connectivity index (χ3n) is 5.14. The van der Waals surface area contributed by atoms with Gasteiger partial charge in [-0.15, -0.1) is 0 Å². The molecule has 0 amide bonds. The second-order valence-corrected chi connectivity index (χ2v) is 9.43. The molecule has 24 heavy (non-hydrogen) atoms. The molecular weight excluding hydrogens is 346 g/mol. The quantitative estimate of drug-likeness (QED) is 0.807. The molecule has 1 saturated heterocycles. The highest BCUT2D eigenvalue weighted by Gasteiger charge is 2.34. The Morgan fingerprint density at radius 1 is 1.12 bits per heavy atom. The Kier molecular flexibility index (Phi) is 6.19. The van der Waals surface area contributed by atoms with Crippen LogP contribution in [0.2, 0.25) is 5.02 Å². The zero-order valence-electron chi connectivity index (χ0n) is 14.0. The van der Waals surface area contributed by atoms with Crippen molar-refractivity contribution in [3.63, 3.8) is 0 Å². The van der Waals surface area contributed by atoms with Crippen LogP contribution in [0.1, 0.15) is 44.1 Å². The molecule has 2 aliphatic rings. The minimum atomic E-state index is -3.29. The van der Waals surface area contributed by atoms with Crippen LogP contribution in [0.3, 0.4) is 0 Å². The Hall–Kier alpha value is -0.620. The highest BCUT2D eigenvalue weighted by molar-refractivity contribution is 7.89. The van der Waals surface area contributed by atoms with Gasteiger partial charge in [0.25, 0.3) is 0 Å². The van der Waals surface area contributed by atoms with Gasteiger partial charge in [-0.1, -0.05) is 55.8 Å². The van der Waals surface area contributed by atoms with E-state index >= 15 is 0 Å². The lowest BCUT2D eigenvalue weighted by molar-refractivity contribution is 0.0939. The molecule has 0 bridgehead atoms. The normalized spacial score (nSPS) is 26.1. The van der Waals surface area contributed by atoms with Crippen molar-refractivity contribution in [1.29, 1.82) is 0 Å². The molecular formula is C18H26ClNO3S. The van der Waals surface area contributed by atoms with E-state index in [-0.39, 0.29) is 11.8 Å². The SMILES string of the molecule is O=S1(=O)CCOCC(CC2CCCCC2)N1Cc1ccc(Cl)cc1. The number of hydrogen-bond donors (Lipinski definition) is 0. The summed E-state index contributed by atoms with van der Waals surface area (Å²) in [6, 6.07) is 7.38.